The van der Waals surface area contributed by atoms with E-state index in [1.54, 1.807) is 0 Å². The number of nitrogens with zero attached hydrogens (tertiary/aromatic N) is 3. The Balaban J connectivity index is 1.51. The summed E-state index contributed by atoms with van der Waals surface area (Å²) in [5.41, 5.74) is 1.51. The third-order valence-corrected chi connectivity index (χ3v) is 4.41. The molecule has 0 amide bonds. The predicted octanol–water partition coefficient (Wildman–Crippen LogP) is 3.32. The van der Waals surface area contributed by atoms with Gasteiger partial charge in [-0.25, -0.2) is 4.98 Å². The summed E-state index contributed by atoms with van der Waals surface area (Å²) in [7, 11) is 0. The van der Waals surface area contributed by atoms with Gasteiger partial charge in [0, 0.05) is 25.0 Å². The van der Waals surface area contributed by atoms with Crippen LogP contribution in [0, 0.1) is 0 Å². The lowest BCUT2D eigenvalue weighted by atomic mass is 9.89. The first kappa shape index (κ1) is 13.4. The van der Waals surface area contributed by atoms with Crippen LogP contribution in [0.25, 0.3) is 0 Å². The molecule has 1 unspecified atom stereocenters. The molecule has 3 nitrogen and oxygen atoms in total. The minimum absolute atomic E-state index is 0.505. The molecular formula is C17H23N3. The highest BCUT2D eigenvalue weighted by Crippen LogP contribution is 2.28. The highest BCUT2D eigenvalue weighted by atomic mass is 15.2. The molecule has 1 atom stereocenters. The number of piperidine rings is 1. The molecule has 2 heterocycles. The van der Waals surface area contributed by atoms with Gasteiger partial charge in [0.05, 0.1) is 6.33 Å². The van der Waals surface area contributed by atoms with Gasteiger partial charge in [-0.3, -0.25) is 0 Å². The third-order valence-electron chi connectivity index (χ3n) is 4.41. The van der Waals surface area contributed by atoms with Gasteiger partial charge in [0.2, 0.25) is 0 Å². The van der Waals surface area contributed by atoms with Gasteiger partial charge in [-0.15, -0.1) is 0 Å². The normalized spacial score (nSPS) is 19.1. The van der Waals surface area contributed by atoms with E-state index in [4.69, 9.17) is 0 Å². The van der Waals surface area contributed by atoms with Crippen LogP contribution in [0.1, 0.15) is 37.3 Å². The Kier molecular flexibility index (Phi) is 4.16. The Hall–Kier alpha value is -1.61. The molecule has 1 fully saturated rings. The van der Waals surface area contributed by atoms with Gasteiger partial charge < -0.3 is 9.47 Å². The van der Waals surface area contributed by atoms with E-state index < -0.39 is 0 Å². The van der Waals surface area contributed by atoms with Gasteiger partial charge in [-0.05, 0) is 44.3 Å². The maximum absolute atomic E-state index is 4.13. The first-order valence-corrected chi connectivity index (χ1v) is 7.57. The summed E-state index contributed by atoms with van der Waals surface area (Å²) in [6.45, 7) is 5.81. The molecule has 1 aromatic carbocycles. The van der Waals surface area contributed by atoms with Gasteiger partial charge in [0.1, 0.15) is 0 Å². The number of rotatable bonds is 4. The number of hydrogen-bond donors (Lipinski definition) is 0. The zero-order valence-corrected chi connectivity index (χ0v) is 12.2. The molecule has 0 N–H and O–H groups in total. The molecule has 2 aromatic rings. The monoisotopic (exact) mass is 269 g/mol. The minimum Gasteiger partial charge on any atom is -0.333 e. The number of likely N-dealkylation sites (tertiary alicyclic amines) is 1. The van der Waals surface area contributed by atoms with Crippen molar-refractivity contribution in [2.24, 2.45) is 0 Å². The average molecular weight is 269 g/mol. The number of benzene rings is 1. The van der Waals surface area contributed by atoms with Gasteiger partial charge >= 0.3 is 0 Å². The minimum atomic E-state index is 0.505. The van der Waals surface area contributed by atoms with E-state index in [2.05, 4.69) is 57.9 Å². The quantitative estimate of drug-likeness (QED) is 0.849. The van der Waals surface area contributed by atoms with Crippen molar-refractivity contribution in [3.8, 4) is 0 Å². The molecule has 0 radical (unpaired) electrons. The molecule has 20 heavy (non-hydrogen) atoms. The van der Waals surface area contributed by atoms with Crippen LogP contribution >= 0.6 is 0 Å². The van der Waals surface area contributed by atoms with E-state index in [9.17, 15) is 0 Å². The molecule has 1 saturated heterocycles. The molecule has 1 aliphatic heterocycles. The fourth-order valence-corrected chi connectivity index (χ4v) is 3.17. The fourth-order valence-electron chi connectivity index (χ4n) is 3.17. The Morgan fingerprint density at radius 2 is 1.95 bits per heavy atom. The summed E-state index contributed by atoms with van der Waals surface area (Å²) in [6, 6.07) is 11.5. The standard InChI is InChI=1S/C17H23N3/c1-15(20-12-9-18-14-20)13-19-10-7-17(8-11-19)16-5-3-2-4-6-16/h2-6,9,12,14-15,17H,7-8,10-11,13H2,1H3. The number of aromatic nitrogens is 2. The highest BCUT2D eigenvalue weighted by Gasteiger charge is 2.21. The van der Waals surface area contributed by atoms with Crippen molar-refractivity contribution in [3.63, 3.8) is 0 Å². The Morgan fingerprint density at radius 3 is 2.60 bits per heavy atom. The lowest BCUT2D eigenvalue weighted by Gasteiger charge is -2.34. The molecule has 0 spiro atoms. The molecule has 1 aliphatic rings. The van der Waals surface area contributed by atoms with Crippen LogP contribution in [0.5, 0.6) is 0 Å². The molecule has 3 rings (SSSR count). The van der Waals surface area contributed by atoms with Gasteiger partial charge in [0.25, 0.3) is 0 Å². The zero-order valence-electron chi connectivity index (χ0n) is 12.2. The fraction of sp³-hybridized carbons (Fsp3) is 0.471. The van der Waals surface area contributed by atoms with Gasteiger partial charge in [0.15, 0.2) is 0 Å². The van der Waals surface area contributed by atoms with Crippen molar-refractivity contribution in [3.05, 3.63) is 54.6 Å². The topological polar surface area (TPSA) is 21.1 Å². The smallest absolute Gasteiger partial charge is 0.0948 e. The van der Waals surface area contributed by atoms with Crippen LogP contribution < -0.4 is 0 Å². The van der Waals surface area contributed by atoms with E-state index in [0.717, 1.165) is 12.5 Å². The first-order chi connectivity index (χ1) is 9.83. The summed E-state index contributed by atoms with van der Waals surface area (Å²) in [5, 5.41) is 0. The second-order valence-electron chi connectivity index (χ2n) is 5.84. The second-order valence-corrected chi connectivity index (χ2v) is 5.84. The van der Waals surface area contributed by atoms with Crippen LogP contribution in [-0.2, 0) is 0 Å². The largest absolute Gasteiger partial charge is 0.333 e. The molecule has 1 aromatic heterocycles. The van der Waals surface area contributed by atoms with Gasteiger partial charge in [-0.2, -0.15) is 0 Å². The molecule has 106 valence electrons. The average Bonchev–Trinajstić information content (AvgIpc) is 3.03. The van der Waals surface area contributed by atoms with Crippen LogP contribution in [0.3, 0.4) is 0 Å². The van der Waals surface area contributed by atoms with E-state index >= 15 is 0 Å². The summed E-state index contributed by atoms with van der Waals surface area (Å²) in [5.74, 6) is 0.746. The molecule has 0 bridgehead atoms. The molecule has 3 heteroatoms. The lowest BCUT2D eigenvalue weighted by molar-refractivity contribution is 0.188. The predicted molar refractivity (Wildman–Crippen MR) is 81.8 cm³/mol. The van der Waals surface area contributed by atoms with E-state index in [1.165, 1.54) is 31.5 Å². The van der Waals surface area contributed by atoms with Crippen LogP contribution in [0.4, 0.5) is 0 Å². The third kappa shape index (κ3) is 3.10. The number of imidazole rings is 1. The van der Waals surface area contributed by atoms with Crippen molar-refractivity contribution >= 4 is 0 Å². The SMILES string of the molecule is CC(CN1CCC(c2ccccc2)CC1)n1ccnc1. The van der Waals surface area contributed by atoms with Crippen molar-refractivity contribution in [2.75, 3.05) is 19.6 Å². The second kappa shape index (κ2) is 6.23. The molecular weight excluding hydrogens is 246 g/mol. The Bertz CT molecular complexity index is 498. The van der Waals surface area contributed by atoms with Crippen LogP contribution in [0.2, 0.25) is 0 Å². The van der Waals surface area contributed by atoms with Crippen molar-refractivity contribution < 1.29 is 0 Å². The Labute approximate surface area is 121 Å². The molecule has 0 saturated carbocycles. The van der Waals surface area contributed by atoms with E-state index in [-0.39, 0.29) is 0 Å². The van der Waals surface area contributed by atoms with Crippen molar-refractivity contribution in [2.45, 2.75) is 31.7 Å². The van der Waals surface area contributed by atoms with E-state index in [1.807, 2.05) is 12.5 Å². The van der Waals surface area contributed by atoms with Crippen molar-refractivity contribution in [1.29, 1.82) is 0 Å². The van der Waals surface area contributed by atoms with E-state index in [0.29, 0.717) is 6.04 Å². The summed E-state index contributed by atoms with van der Waals surface area (Å²) in [6.07, 6.45) is 8.39. The maximum atomic E-state index is 4.13. The summed E-state index contributed by atoms with van der Waals surface area (Å²) < 4.78 is 2.20. The summed E-state index contributed by atoms with van der Waals surface area (Å²) >= 11 is 0. The summed E-state index contributed by atoms with van der Waals surface area (Å²) in [4.78, 5) is 6.72. The van der Waals surface area contributed by atoms with Crippen LogP contribution in [0.15, 0.2) is 49.1 Å². The molecule has 0 aliphatic carbocycles. The van der Waals surface area contributed by atoms with Crippen molar-refractivity contribution in [1.82, 2.24) is 14.5 Å². The number of hydrogen-bond acceptors (Lipinski definition) is 2. The first-order valence-electron chi connectivity index (χ1n) is 7.57. The Morgan fingerprint density at radius 1 is 1.20 bits per heavy atom. The zero-order chi connectivity index (χ0) is 13.8. The van der Waals surface area contributed by atoms with Gasteiger partial charge in [-0.1, -0.05) is 30.3 Å². The van der Waals surface area contributed by atoms with Crippen LogP contribution in [-0.4, -0.2) is 34.1 Å². The maximum Gasteiger partial charge on any atom is 0.0948 e. The highest BCUT2D eigenvalue weighted by molar-refractivity contribution is 5.20. The lowest BCUT2D eigenvalue weighted by Crippen LogP contribution is -2.36.